The maximum Gasteiger partial charge on any atom is 0.410 e. The summed E-state index contributed by atoms with van der Waals surface area (Å²) < 4.78 is 5.62. The molecule has 2 bridgehead atoms. The fourth-order valence-corrected chi connectivity index (χ4v) is 4.12. The van der Waals surface area contributed by atoms with E-state index in [4.69, 9.17) is 4.74 Å². The van der Waals surface area contributed by atoms with Crippen LogP contribution in [0.2, 0.25) is 0 Å². The SMILES string of the molecule is CN(Cc1ccccc1)C1C[C@H]2CC[C@@H](C1)N2C(=O)OC(C)(C)C. The van der Waals surface area contributed by atoms with Crippen molar-refractivity contribution in [3.63, 3.8) is 0 Å². The Bertz CT molecular complexity index is 553. The van der Waals surface area contributed by atoms with Gasteiger partial charge in [-0.3, -0.25) is 4.90 Å². The second-order valence-corrected chi connectivity index (χ2v) is 8.30. The maximum absolute atomic E-state index is 12.5. The van der Waals surface area contributed by atoms with Crippen molar-refractivity contribution in [2.75, 3.05) is 7.05 Å². The first-order chi connectivity index (χ1) is 11.3. The molecule has 4 nitrogen and oxygen atoms in total. The van der Waals surface area contributed by atoms with Gasteiger partial charge >= 0.3 is 6.09 Å². The van der Waals surface area contributed by atoms with E-state index in [2.05, 4.69) is 42.3 Å². The zero-order chi connectivity index (χ0) is 17.3. The van der Waals surface area contributed by atoms with Gasteiger partial charge in [0.1, 0.15) is 5.60 Å². The molecule has 0 radical (unpaired) electrons. The van der Waals surface area contributed by atoms with E-state index in [1.165, 1.54) is 5.56 Å². The summed E-state index contributed by atoms with van der Waals surface area (Å²) in [5.41, 5.74) is 0.930. The molecule has 1 unspecified atom stereocenters. The molecule has 2 saturated heterocycles. The van der Waals surface area contributed by atoms with Crippen LogP contribution in [0.5, 0.6) is 0 Å². The monoisotopic (exact) mass is 330 g/mol. The average Bonchev–Trinajstić information content (AvgIpc) is 2.77. The third-order valence-electron chi connectivity index (χ3n) is 5.21. The zero-order valence-corrected chi connectivity index (χ0v) is 15.4. The summed E-state index contributed by atoms with van der Waals surface area (Å²) in [6, 6.07) is 11.8. The topological polar surface area (TPSA) is 32.8 Å². The van der Waals surface area contributed by atoms with Crippen molar-refractivity contribution in [1.82, 2.24) is 9.80 Å². The second kappa shape index (κ2) is 6.75. The van der Waals surface area contributed by atoms with E-state index < -0.39 is 5.60 Å². The summed E-state index contributed by atoms with van der Waals surface area (Å²) in [6.07, 6.45) is 4.20. The first-order valence-corrected chi connectivity index (χ1v) is 9.09. The summed E-state index contributed by atoms with van der Waals surface area (Å²) in [4.78, 5) is 17.0. The lowest BCUT2D eigenvalue weighted by Crippen LogP contribution is -2.52. The normalized spacial score (nSPS) is 26.7. The highest BCUT2D eigenvalue weighted by molar-refractivity contribution is 5.69. The van der Waals surface area contributed by atoms with Crippen molar-refractivity contribution in [1.29, 1.82) is 0 Å². The summed E-state index contributed by atoms with van der Waals surface area (Å²) in [6.45, 7) is 6.78. The molecule has 0 aromatic heterocycles. The first-order valence-electron chi connectivity index (χ1n) is 9.09. The van der Waals surface area contributed by atoms with E-state index in [0.29, 0.717) is 18.1 Å². The van der Waals surface area contributed by atoms with Crippen molar-refractivity contribution < 1.29 is 9.53 Å². The van der Waals surface area contributed by atoms with Gasteiger partial charge in [0.05, 0.1) is 0 Å². The van der Waals surface area contributed by atoms with Crippen LogP contribution in [0.25, 0.3) is 0 Å². The number of piperidine rings is 1. The standard InChI is InChI=1S/C20H30N2O2/c1-20(2,3)24-19(23)22-16-10-11-17(22)13-18(12-16)21(4)14-15-8-6-5-7-9-15/h5-9,16-18H,10-14H2,1-4H3/t16-,17+,18?. The molecule has 1 amide bonds. The number of rotatable bonds is 3. The van der Waals surface area contributed by atoms with Crippen molar-refractivity contribution in [2.45, 2.75) is 76.7 Å². The predicted octanol–water partition coefficient (Wildman–Crippen LogP) is 4.05. The number of amides is 1. The summed E-state index contributed by atoms with van der Waals surface area (Å²) in [5, 5.41) is 0. The average molecular weight is 330 g/mol. The Balaban J connectivity index is 1.61. The molecule has 2 heterocycles. The summed E-state index contributed by atoms with van der Waals surface area (Å²) in [5.74, 6) is 0. The van der Waals surface area contributed by atoms with Gasteiger partial charge in [0.25, 0.3) is 0 Å². The molecule has 0 aliphatic carbocycles. The first kappa shape index (κ1) is 17.3. The van der Waals surface area contributed by atoms with Crippen LogP contribution < -0.4 is 0 Å². The smallest absolute Gasteiger partial charge is 0.410 e. The number of ether oxygens (including phenoxy) is 1. The maximum atomic E-state index is 12.5. The highest BCUT2D eigenvalue weighted by Crippen LogP contribution is 2.38. The van der Waals surface area contributed by atoms with Crippen LogP contribution in [0.4, 0.5) is 4.79 Å². The minimum atomic E-state index is -0.419. The van der Waals surface area contributed by atoms with E-state index in [1.807, 2.05) is 25.7 Å². The number of carbonyl (C=O) groups excluding carboxylic acids is 1. The minimum Gasteiger partial charge on any atom is -0.444 e. The molecule has 3 atom stereocenters. The highest BCUT2D eigenvalue weighted by Gasteiger charge is 2.45. The number of fused-ring (bicyclic) bond motifs is 2. The highest BCUT2D eigenvalue weighted by atomic mass is 16.6. The predicted molar refractivity (Wildman–Crippen MR) is 95.8 cm³/mol. The van der Waals surface area contributed by atoms with Crippen LogP contribution >= 0.6 is 0 Å². The number of hydrogen-bond acceptors (Lipinski definition) is 3. The van der Waals surface area contributed by atoms with Gasteiger partial charge in [-0.05, 0) is 59.1 Å². The summed E-state index contributed by atoms with van der Waals surface area (Å²) in [7, 11) is 2.21. The lowest BCUT2D eigenvalue weighted by atomic mass is 9.96. The van der Waals surface area contributed by atoms with Crippen LogP contribution in [0.15, 0.2) is 30.3 Å². The fraction of sp³-hybridized carbons (Fsp3) is 0.650. The van der Waals surface area contributed by atoms with E-state index in [1.54, 1.807) is 0 Å². The summed E-state index contributed by atoms with van der Waals surface area (Å²) >= 11 is 0. The Hall–Kier alpha value is -1.55. The van der Waals surface area contributed by atoms with Crippen molar-refractivity contribution in [3.05, 3.63) is 35.9 Å². The van der Waals surface area contributed by atoms with Crippen LogP contribution in [-0.4, -0.2) is 46.7 Å². The molecular weight excluding hydrogens is 300 g/mol. The molecule has 3 rings (SSSR count). The molecule has 1 aromatic rings. The molecule has 0 N–H and O–H groups in total. The number of hydrogen-bond donors (Lipinski definition) is 0. The van der Waals surface area contributed by atoms with Gasteiger partial charge in [-0.2, -0.15) is 0 Å². The second-order valence-electron chi connectivity index (χ2n) is 8.30. The van der Waals surface area contributed by atoms with Crippen molar-refractivity contribution in [2.24, 2.45) is 0 Å². The minimum absolute atomic E-state index is 0.126. The van der Waals surface area contributed by atoms with E-state index in [9.17, 15) is 4.79 Å². The van der Waals surface area contributed by atoms with Crippen LogP contribution in [0.1, 0.15) is 52.0 Å². The van der Waals surface area contributed by atoms with Gasteiger partial charge in [-0.1, -0.05) is 30.3 Å². The number of benzene rings is 1. The molecule has 4 heteroatoms. The van der Waals surface area contributed by atoms with Gasteiger partial charge in [-0.15, -0.1) is 0 Å². The Morgan fingerprint density at radius 3 is 2.29 bits per heavy atom. The molecule has 2 aliphatic rings. The van der Waals surface area contributed by atoms with Gasteiger partial charge in [0.2, 0.25) is 0 Å². The van der Waals surface area contributed by atoms with Gasteiger partial charge < -0.3 is 9.64 Å². The zero-order valence-electron chi connectivity index (χ0n) is 15.4. The Kier molecular flexibility index (Phi) is 4.86. The molecule has 0 spiro atoms. The van der Waals surface area contributed by atoms with Gasteiger partial charge in [0, 0.05) is 24.7 Å². The van der Waals surface area contributed by atoms with Crippen LogP contribution in [0, 0.1) is 0 Å². The van der Waals surface area contributed by atoms with Crippen LogP contribution in [-0.2, 0) is 11.3 Å². The Labute approximate surface area is 145 Å². The molecule has 0 saturated carbocycles. The third kappa shape index (κ3) is 3.92. The largest absolute Gasteiger partial charge is 0.444 e. The van der Waals surface area contributed by atoms with Crippen LogP contribution in [0.3, 0.4) is 0 Å². The fourth-order valence-electron chi connectivity index (χ4n) is 4.12. The molecular formula is C20H30N2O2. The van der Waals surface area contributed by atoms with E-state index in [-0.39, 0.29) is 6.09 Å². The van der Waals surface area contributed by atoms with Crippen molar-refractivity contribution >= 4 is 6.09 Å². The molecule has 2 aliphatic heterocycles. The molecule has 24 heavy (non-hydrogen) atoms. The quantitative estimate of drug-likeness (QED) is 0.838. The van der Waals surface area contributed by atoms with E-state index in [0.717, 1.165) is 32.2 Å². The van der Waals surface area contributed by atoms with Crippen molar-refractivity contribution in [3.8, 4) is 0 Å². The molecule has 1 aromatic carbocycles. The third-order valence-corrected chi connectivity index (χ3v) is 5.21. The Morgan fingerprint density at radius 2 is 1.75 bits per heavy atom. The van der Waals surface area contributed by atoms with Gasteiger partial charge in [0.15, 0.2) is 0 Å². The Morgan fingerprint density at radius 1 is 1.17 bits per heavy atom. The lowest BCUT2D eigenvalue weighted by molar-refractivity contribution is -0.00277. The number of carbonyl (C=O) groups is 1. The van der Waals surface area contributed by atoms with Gasteiger partial charge in [-0.25, -0.2) is 4.79 Å². The number of nitrogens with zero attached hydrogens (tertiary/aromatic N) is 2. The lowest BCUT2D eigenvalue weighted by Gasteiger charge is -2.42. The molecule has 132 valence electrons. The molecule has 2 fully saturated rings. The van der Waals surface area contributed by atoms with E-state index >= 15 is 0 Å².